The van der Waals surface area contributed by atoms with Gasteiger partial charge in [0.15, 0.2) is 6.54 Å². The Morgan fingerprint density at radius 2 is 2.33 bits per heavy atom. The molecule has 54 valence electrons. The minimum Gasteiger partial charge on any atom is -1.00 e. The van der Waals surface area contributed by atoms with Gasteiger partial charge in [-0.3, -0.25) is 4.90 Å². The Hall–Kier alpha value is -0.0800. The van der Waals surface area contributed by atoms with E-state index >= 15 is 0 Å². The van der Waals surface area contributed by atoms with Gasteiger partial charge in [0.25, 0.3) is 0 Å². The fourth-order valence-electron chi connectivity index (χ4n) is 1.01. The van der Waals surface area contributed by atoms with Crippen molar-refractivity contribution in [3.8, 4) is 0 Å². The highest BCUT2D eigenvalue weighted by Crippen LogP contribution is 1.71. The first-order chi connectivity index (χ1) is 3.83. The molecule has 0 aromatic heterocycles. The van der Waals surface area contributed by atoms with E-state index in [-0.39, 0.29) is 12.4 Å². The molecule has 0 spiro atoms. The second-order valence-corrected chi connectivity index (χ2v) is 2.35. The molecule has 1 unspecified atom stereocenters. The van der Waals surface area contributed by atoms with Crippen molar-refractivity contribution in [2.45, 2.75) is 6.92 Å². The summed E-state index contributed by atoms with van der Waals surface area (Å²) in [5, 5.41) is 0. The third-order valence-electron chi connectivity index (χ3n) is 1.60. The Labute approximate surface area is 62.6 Å². The molecule has 0 aliphatic carbocycles. The first-order valence-electron chi connectivity index (χ1n) is 3.24. The highest BCUT2D eigenvalue weighted by Gasteiger charge is 2.16. The maximum Gasteiger partial charge on any atom is 0.325 e. The summed E-state index contributed by atoms with van der Waals surface area (Å²) in [6.45, 7) is 5.86. The highest BCUT2D eigenvalue weighted by molar-refractivity contribution is 5.36. The van der Waals surface area contributed by atoms with Crippen LogP contribution in [0.3, 0.4) is 0 Å². The predicted octanol–water partition coefficient (Wildman–Crippen LogP) is -4.42. The van der Waals surface area contributed by atoms with Crippen molar-refractivity contribution in [3.63, 3.8) is 0 Å². The lowest BCUT2D eigenvalue weighted by Gasteiger charge is -1.87. The number of hydrogen-bond acceptors (Lipinski definition) is 0. The van der Waals surface area contributed by atoms with Crippen molar-refractivity contribution in [2.75, 3.05) is 26.7 Å². The Balaban J connectivity index is 0.000000640. The van der Waals surface area contributed by atoms with Gasteiger partial charge in [-0.25, -0.2) is 0 Å². The minimum absolute atomic E-state index is 0. The Kier molecular flexibility index (Phi) is 3.82. The van der Waals surface area contributed by atoms with Gasteiger partial charge in [0, 0.05) is 0 Å². The third kappa shape index (κ3) is 2.33. The van der Waals surface area contributed by atoms with Crippen LogP contribution in [-0.4, -0.2) is 37.6 Å². The van der Waals surface area contributed by atoms with Crippen molar-refractivity contribution >= 4 is 6.34 Å². The van der Waals surface area contributed by atoms with E-state index in [2.05, 4.69) is 24.9 Å². The lowest BCUT2D eigenvalue weighted by molar-refractivity contribution is -0.769. The van der Waals surface area contributed by atoms with Crippen molar-refractivity contribution in [3.05, 3.63) is 0 Å². The second kappa shape index (κ2) is 3.85. The van der Waals surface area contributed by atoms with Gasteiger partial charge in [-0.1, -0.05) is 0 Å². The van der Waals surface area contributed by atoms with Crippen LogP contribution in [-0.2, 0) is 0 Å². The molecule has 2 nitrogen and oxygen atoms in total. The summed E-state index contributed by atoms with van der Waals surface area (Å²) in [5.74, 6) is 0. The van der Waals surface area contributed by atoms with E-state index in [1.807, 2.05) is 0 Å². The summed E-state index contributed by atoms with van der Waals surface area (Å²) in [4.78, 5) is 1.52. The van der Waals surface area contributed by atoms with Gasteiger partial charge < -0.3 is 12.4 Å². The number of nitrogens with one attached hydrogen (secondary N) is 1. The third-order valence-corrected chi connectivity index (χ3v) is 1.60. The molecule has 1 heterocycles. The van der Waals surface area contributed by atoms with Crippen molar-refractivity contribution in [1.82, 2.24) is 0 Å². The Morgan fingerprint density at radius 1 is 1.67 bits per heavy atom. The maximum absolute atomic E-state index is 2.34. The number of hydrogen-bond donors (Lipinski definition) is 1. The summed E-state index contributed by atoms with van der Waals surface area (Å²) in [7, 11) is 2.19. The number of nitrogens with zero attached hydrogens (tertiary/aromatic N) is 1. The van der Waals surface area contributed by atoms with Gasteiger partial charge in [0.2, 0.25) is 0 Å². The molecule has 0 fully saturated rings. The molecule has 0 aromatic carbocycles. The van der Waals surface area contributed by atoms with Crippen LogP contribution in [0.1, 0.15) is 6.92 Å². The topological polar surface area (TPSA) is 7.45 Å². The minimum atomic E-state index is 0. The largest absolute Gasteiger partial charge is 1.00 e. The molecule has 1 rings (SSSR count). The van der Waals surface area contributed by atoms with E-state index in [0.717, 1.165) is 6.54 Å². The Morgan fingerprint density at radius 3 is 2.56 bits per heavy atom. The predicted molar refractivity (Wildman–Crippen MR) is 33.5 cm³/mol. The van der Waals surface area contributed by atoms with Crippen molar-refractivity contribution < 1.29 is 21.9 Å². The average molecular weight is 150 g/mol. The van der Waals surface area contributed by atoms with Crippen molar-refractivity contribution in [2.24, 2.45) is 0 Å². The monoisotopic (exact) mass is 149 g/mol. The first kappa shape index (κ1) is 8.92. The zero-order valence-corrected chi connectivity index (χ0v) is 6.78. The first-order valence-corrected chi connectivity index (χ1v) is 3.24. The van der Waals surface area contributed by atoms with Crippen LogP contribution in [0.5, 0.6) is 0 Å². The average Bonchev–Trinajstić information content (AvgIpc) is 2.14. The van der Waals surface area contributed by atoms with Crippen LogP contribution in [0.25, 0.3) is 0 Å². The number of rotatable bonds is 1. The molecule has 0 radical (unpaired) electrons. The molecule has 1 aliphatic heterocycles. The van der Waals surface area contributed by atoms with Crippen LogP contribution in [0.15, 0.2) is 0 Å². The van der Waals surface area contributed by atoms with Crippen LogP contribution >= 0.6 is 0 Å². The number of halogens is 1. The smallest absolute Gasteiger partial charge is 0.325 e. The fourth-order valence-corrected chi connectivity index (χ4v) is 1.01. The van der Waals surface area contributed by atoms with E-state index in [4.69, 9.17) is 0 Å². The molecule has 0 saturated heterocycles. The van der Waals surface area contributed by atoms with Gasteiger partial charge in [0.1, 0.15) is 13.1 Å². The zero-order valence-electron chi connectivity index (χ0n) is 6.02. The van der Waals surface area contributed by atoms with Gasteiger partial charge >= 0.3 is 6.34 Å². The van der Waals surface area contributed by atoms with Gasteiger partial charge in [-0.15, -0.1) is 0 Å². The van der Waals surface area contributed by atoms with E-state index in [9.17, 15) is 0 Å². The molecule has 0 amide bonds. The summed E-state index contributed by atoms with van der Waals surface area (Å²) in [5.41, 5.74) is 0. The van der Waals surface area contributed by atoms with Crippen LogP contribution < -0.4 is 17.3 Å². The standard InChI is InChI=1S/C6H13N2.ClH/c1-3-8-5-4-7(2)6-8;/h6H,3-5H2,1-2H3;1H/q+1;. The highest BCUT2D eigenvalue weighted by atomic mass is 35.5. The van der Waals surface area contributed by atoms with Gasteiger partial charge in [-0.05, 0) is 6.92 Å². The summed E-state index contributed by atoms with van der Waals surface area (Å²) < 4.78 is 2.34. The van der Waals surface area contributed by atoms with E-state index < -0.39 is 0 Å². The molecular weight excluding hydrogens is 136 g/mol. The van der Waals surface area contributed by atoms with E-state index in [0.29, 0.717) is 0 Å². The van der Waals surface area contributed by atoms with E-state index in [1.54, 1.807) is 0 Å². The fraction of sp³-hybridized carbons (Fsp3) is 0.833. The Bertz CT molecular complexity index is 112. The molecule has 1 atom stereocenters. The zero-order chi connectivity index (χ0) is 5.98. The maximum atomic E-state index is 2.34. The molecule has 0 bridgehead atoms. The molecule has 0 aromatic rings. The lowest BCUT2D eigenvalue weighted by Crippen LogP contribution is -3.06. The lowest BCUT2D eigenvalue weighted by atomic mass is 10.6. The molecule has 3 heteroatoms. The summed E-state index contributed by atoms with van der Waals surface area (Å²) in [6, 6.07) is 0. The van der Waals surface area contributed by atoms with Gasteiger partial charge in [0.05, 0.1) is 7.05 Å². The molecule has 1 N–H and O–H groups in total. The number of quaternary nitrogens is 1. The van der Waals surface area contributed by atoms with E-state index in [1.165, 1.54) is 18.0 Å². The van der Waals surface area contributed by atoms with Gasteiger partial charge in [-0.2, -0.15) is 4.58 Å². The van der Waals surface area contributed by atoms with Crippen LogP contribution in [0.2, 0.25) is 0 Å². The molecule has 9 heavy (non-hydrogen) atoms. The second-order valence-electron chi connectivity index (χ2n) is 2.35. The van der Waals surface area contributed by atoms with Crippen LogP contribution in [0, 0.1) is 0 Å². The summed E-state index contributed by atoms with van der Waals surface area (Å²) >= 11 is 0. The normalized spacial score (nSPS) is 25.1. The van der Waals surface area contributed by atoms with Crippen LogP contribution in [0.4, 0.5) is 0 Å². The van der Waals surface area contributed by atoms with Crippen molar-refractivity contribution in [1.29, 1.82) is 0 Å². The molecule has 0 saturated carbocycles. The SMILES string of the molecule is CC[N+]1=C[NH+](C)CC1.[Cl-]. The quantitative estimate of drug-likeness (QED) is 0.360. The molecular formula is C6H14ClN2+. The summed E-state index contributed by atoms with van der Waals surface area (Å²) in [6.07, 6.45) is 2.25. The number of likely N-dealkylation sites (N-methyl/N-ethyl adjacent to an activating group) is 2. The molecule has 1 aliphatic rings.